The van der Waals surface area contributed by atoms with Crippen LogP contribution in [0, 0.1) is 36.8 Å². The Balaban J connectivity index is 1.44. The Kier molecular flexibility index (Phi) is 7.25. The second kappa shape index (κ2) is 10.1. The Labute approximate surface area is 210 Å². The van der Waals surface area contributed by atoms with Crippen molar-refractivity contribution < 1.29 is 26.7 Å². The lowest BCUT2D eigenvalue weighted by molar-refractivity contribution is -0.156. The summed E-state index contributed by atoms with van der Waals surface area (Å²) in [6, 6.07) is 2.37. The van der Waals surface area contributed by atoms with E-state index in [1.54, 1.807) is 15.8 Å². The maximum absolute atomic E-state index is 14.9. The molecule has 37 heavy (non-hydrogen) atoms. The molecule has 3 heterocycles. The molecule has 8 nitrogen and oxygen atoms in total. The van der Waals surface area contributed by atoms with E-state index >= 15 is 0 Å². The third kappa shape index (κ3) is 5.30. The van der Waals surface area contributed by atoms with Gasteiger partial charge in [0, 0.05) is 47.7 Å². The molecule has 2 N–H and O–H groups in total. The number of anilines is 1. The number of rotatable bonds is 9. The summed E-state index contributed by atoms with van der Waals surface area (Å²) in [5.74, 6) is -1.45. The SMILES string of the molecule is Cc1n[nH]c(C)c1-c1cnn(C2(CC#N)CN(c3cc(F)c(COCN[C@@H](C)C(F)(F)F)cc3F)C2)c1. The maximum atomic E-state index is 14.9. The molecule has 1 aliphatic rings. The van der Waals surface area contributed by atoms with Gasteiger partial charge in [0.2, 0.25) is 0 Å². The molecule has 1 fully saturated rings. The average Bonchev–Trinajstić information content (AvgIpc) is 3.41. The van der Waals surface area contributed by atoms with Crippen molar-refractivity contribution in [1.29, 1.82) is 5.26 Å². The van der Waals surface area contributed by atoms with E-state index in [9.17, 15) is 27.2 Å². The normalized spacial score (nSPS) is 15.9. The molecule has 0 amide bonds. The molecule has 1 aliphatic heterocycles. The van der Waals surface area contributed by atoms with Gasteiger partial charge in [-0.2, -0.15) is 28.6 Å². The van der Waals surface area contributed by atoms with Crippen LogP contribution in [0.3, 0.4) is 0 Å². The number of ether oxygens (including phenoxy) is 1. The van der Waals surface area contributed by atoms with Crippen LogP contribution < -0.4 is 10.2 Å². The number of hydrogen-bond acceptors (Lipinski definition) is 6. The van der Waals surface area contributed by atoms with Crippen molar-refractivity contribution in [2.75, 3.05) is 24.7 Å². The highest BCUT2D eigenvalue weighted by atomic mass is 19.4. The molecule has 1 saturated heterocycles. The summed E-state index contributed by atoms with van der Waals surface area (Å²) in [4.78, 5) is 1.61. The molecule has 13 heteroatoms. The third-order valence-corrected chi connectivity index (χ3v) is 6.56. The second-order valence-electron chi connectivity index (χ2n) is 9.25. The van der Waals surface area contributed by atoms with Crippen LogP contribution in [0.5, 0.6) is 0 Å². The highest BCUT2D eigenvalue weighted by molar-refractivity contribution is 5.67. The van der Waals surface area contributed by atoms with Crippen LogP contribution >= 0.6 is 0 Å². The molecule has 1 aromatic carbocycles. The van der Waals surface area contributed by atoms with Gasteiger partial charge in [0.05, 0.1) is 43.4 Å². The van der Waals surface area contributed by atoms with Crippen LogP contribution in [0.15, 0.2) is 24.5 Å². The molecule has 0 saturated carbocycles. The van der Waals surface area contributed by atoms with Crippen molar-refractivity contribution in [2.24, 2.45) is 0 Å². The smallest absolute Gasteiger partial charge is 0.364 e. The van der Waals surface area contributed by atoms with Crippen LogP contribution in [0.25, 0.3) is 11.1 Å². The Morgan fingerprint density at radius 3 is 2.59 bits per heavy atom. The van der Waals surface area contributed by atoms with Gasteiger partial charge in [-0.1, -0.05) is 0 Å². The van der Waals surface area contributed by atoms with Gasteiger partial charge < -0.3 is 9.64 Å². The Bertz CT molecular complexity index is 1280. The number of benzene rings is 1. The van der Waals surface area contributed by atoms with Gasteiger partial charge in [-0.3, -0.25) is 15.1 Å². The lowest BCUT2D eigenvalue weighted by Crippen LogP contribution is -2.63. The zero-order chi connectivity index (χ0) is 27.0. The quantitative estimate of drug-likeness (QED) is 0.247. The van der Waals surface area contributed by atoms with Gasteiger partial charge >= 0.3 is 6.18 Å². The number of hydrogen-bond donors (Lipinski definition) is 2. The number of alkyl halides is 3. The van der Waals surface area contributed by atoms with E-state index in [4.69, 9.17) is 4.74 Å². The standard InChI is InChI=1S/C24H26F5N7O/c1-14-22(15(2)34-33-14)18-8-32-36(9-18)23(4-5-30)11-35(12-23)21-7-19(25)17(6-20(21)26)10-37-13-31-16(3)24(27,28)29/h6-9,16,31H,4,10-13H2,1-3H3,(H,33,34)/t16-/m0/s1. The second-order valence-corrected chi connectivity index (χ2v) is 9.25. The largest absolute Gasteiger partial charge is 0.403 e. The number of aromatic amines is 1. The molecular weight excluding hydrogens is 497 g/mol. The van der Waals surface area contributed by atoms with Crippen molar-refractivity contribution in [2.45, 2.75) is 51.6 Å². The van der Waals surface area contributed by atoms with Crippen molar-refractivity contribution >= 4 is 5.69 Å². The van der Waals surface area contributed by atoms with Gasteiger partial charge in [0.25, 0.3) is 0 Å². The van der Waals surface area contributed by atoms with Crippen LogP contribution in [0.1, 0.15) is 30.3 Å². The minimum absolute atomic E-state index is 0.0209. The summed E-state index contributed by atoms with van der Waals surface area (Å²) in [7, 11) is 0. The minimum atomic E-state index is -4.44. The molecule has 0 bridgehead atoms. The van der Waals surface area contributed by atoms with Crippen molar-refractivity contribution in [3.63, 3.8) is 0 Å². The first-order valence-electron chi connectivity index (χ1n) is 11.5. The predicted molar refractivity (Wildman–Crippen MR) is 124 cm³/mol. The zero-order valence-electron chi connectivity index (χ0n) is 20.5. The molecule has 0 radical (unpaired) electrons. The summed E-state index contributed by atoms with van der Waals surface area (Å²) in [5.41, 5.74) is 2.64. The zero-order valence-corrected chi connectivity index (χ0v) is 20.5. The van der Waals surface area contributed by atoms with Gasteiger partial charge in [0.15, 0.2) is 0 Å². The number of aryl methyl sites for hydroxylation is 2. The summed E-state index contributed by atoms with van der Waals surface area (Å²) in [6.07, 6.45) is -0.806. The monoisotopic (exact) mass is 523 g/mol. The fraction of sp³-hybridized carbons (Fsp3) is 0.458. The van der Waals surface area contributed by atoms with E-state index in [1.807, 2.05) is 20.0 Å². The third-order valence-electron chi connectivity index (χ3n) is 6.56. The van der Waals surface area contributed by atoms with E-state index in [1.165, 1.54) is 0 Å². The first-order valence-corrected chi connectivity index (χ1v) is 11.5. The van der Waals surface area contributed by atoms with Crippen molar-refractivity contribution in [1.82, 2.24) is 25.3 Å². The highest BCUT2D eigenvalue weighted by Crippen LogP contribution is 2.38. The van der Waals surface area contributed by atoms with E-state index in [0.29, 0.717) is 0 Å². The molecule has 0 unspecified atom stereocenters. The molecule has 1 atom stereocenters. The Morgan fingerprint density at radius 2 is 1.97 bits per heavy atom. The van der Waals surface area contributed by atoms with Gasteiger partial charge in [0.1, 0.15) is 23.2 Å². The number of aromatic nitrogens is 4. The van der Waals surface area contributed by atoms with E-state index < -0.39 is 42.7 Å². The molecule has 0 aliphatic carbocycles. The predicted octanol–water partition coefficient (Wildman–Crippen LogP) is 4.31. The molecule has 4 rings (SSSR count). The summed E-state index contributed by atoms with van der Waals surface area (Å²) < 4.78 is 73.9. The lowest BCUT2D eigenvalue weighted by atomic mass is 9.86. The van der Waals surface area contributed by atoms with E-state index in [-0.39, 0.29) is 30.8 Å². The van der Waals surface area contributed by atoms with Gasteiger partial charge in [-0.25, -0.2) is 8.78 Å². The van der Waals surface area contributed by atoms with E-state index in [0.717, 1.165) is 41.6 Å². The topological polar surface area (TPSA) is 94.8 Å². The first-order chi connectivity index (χ1) is 17.4. The summed E-state index contributed by atoms with van der Waals surface area (Å²) in [6.45, 7) is 4.29. The van der Waals surface area contributed by atoms with Gasteiger partial charge in [-0.15, -0.1) is 0 Å². The number of H-pyrrole nitrogens is 1. The summed E-state index contributed by atoms with van der Waals surface area (Å²) >= 11 is 0. The minimum Gasteiger partial charge on any atom is -0.364 e. The molecule has 0 spiro atoms. The average molecular weight is 524 g/mol. The molecular formula is C24H26F5N7O. The molecule has 2 aromatic heterocycles. The van der Waals surface area contributed by atoms with Crippen LogP contribution in [0.2, 0.25) is 0 Å². The molecule has 198 valence electrons. The number of nitrogens with zero attached hydrogens (tertiary/aromatic N) is 5. The lowest BCUT2D eigenvalue weighted by Gasteiger charge is -2.50. The Morgan fingerprint density at radius 1 is 1.24 bits per heavy atom. The Hall–Kier alpha value is -3.50. The number of nitrogens with one attached hydrogen (secondary N) is 2. The highest BCUT2D eigenvalue weighted by Gasteiger charge is 2.46. The van der Waals surface area contributed by atoms with E-state index in [2.05, 4.69) is 26.7 Å². The molecule has 3 aromatic rings. The number of nitriles is 1. The first kappa shape index (κ1) is 26.6. The summed E-state index contributed by atoms with van der Waals surface area (Å²) in [5, 5.41) is 23.1. The van der Waals surface area contributed by atoms with Crippen molar-refractivity contribution in [3.05, 3.63) is 53.1 Å². The van der Waals surface area contributed by atoms with Crippen LogP contribution in [-0.2, 0) is 16.9 Å². The number of halogens is 5. The van der Waals surface area contributed by atoms with Crippen LogP contribution in [0.4, 0.5) is 27.6 Å². The van der Waals surface area contributed by atoms with Gasteiger partial charge in [-0.05, 0) is 26.8 Å². The van der Waals surface area contributed by atoms with Crippen molar-refractivity contribution in [3.8, 4) is 17.2 Å². The fourth-order valence-electron chi connectivity index (χ4n) is 4.40. The fourth-order valence-corrected chi connectivity index (χ4v) is 4.40. The maximum Gasteiger partial charge on any atom is 0.403 e. The van der Waals surface area contributed by atoms with Crippen LogP contribution in [-0.4, -0.2) is 52.0 Å².